The molecule has 0 aromatic rings. The lowest BCUT2D eigenvalue weighted by Crippen LogP contribution is -2.56. The van der Waals surface area contributed by atoms with Gasteiger partial charge in [0, 0.05) is 19.1 Å². The van der Waals surface area contributed by atoms with E-state index >= 15 is 0 Å². The van der Waals surface area contributed by atoms with Crippen LogP contribution in [0.1, 0.15) is 54.4 Å². The van der Waals surface area contributed by atoms with Gasteiger partial charge in [-0.1, -0.05) is 13.8 Å². The Balaban J connectivity index is 4.57. The van der Waals surface area contributed by atoms with Crippen LogP contribution in [0.5, 0.6) is 0 Å². The lowest BCUT2D eigenvalue weighted by molar-refractivity contribution is 0.0444. The lowest BCUT2D eigenvalue weighted by atomic mass is 9.92. The third kappa shape index (κ3) is 7.38. The van der Waals surface area contributed by atoms with Crippen molar-refractivity contribution in [1.29, 1.82) is 0 Å². The summed E-state index contributed by atoms with van der Waals surface area (Å²) in [7, 11) is 0. The normalized spacial score (nSPS) is 14.1. The first-order valence-corrected chi connectivity index (χ1v) is 7.12. The number of carbonyl (C=O) groups is 1. The van der Waals surface area contributed by atoms with E-state index in [1.165, 1.54) is 0 Å². The predicted octanol–water partition coefficient (Wildman–Crippen LogP) is 2.01. The molecule has 0 radical (unpaired) electrons. The molecule has 0 heterocycles. The van der Waals surface area contributed by atoms with E-state index in [1.807, 2.05) is 27.7 Å². The van der Waals surface area contributed by atoms with Gasteiger partial charge in [-0.2, -0.15) is 0 Å². The Labute approximate surface area is 117 Å². The molecule has 5 nitrogen and oxygen atoms in total. The molecule has 0 saturated heterocycles. The van der Waals surface area contributed by atoms with Crippen LogP contribution < -0.4 is 16.4 Å². The molecule has 1 amide bonds. The van der Waals surface area contributed by atoms with E-state index in [4.69, 9.17) is 10.5 Å². The fourth-order valence-electron chi connectivity index (χ4n) is 1.69. The van der Waals surface area contributed by atoms with Crippen LogP contribution in [0.2, 0.25) is 0 Å². The van der Waals surface area contributed by atoms with E-state index in [2.05, 4.69) is 24.5 Å². The molecule has 0 aromatic heterocycles. The highest BCUT2D eigenvalue weighted by molar-refractivity contribution is 5.68. The molecule has 114 valence electrons. The summed E-state index contributed by atoms with van der Waals surface area (Å²) in [6.45, 7) is 13.0. The van der Waals surface area contributed by atoms with Gasteiger partial charge in [0.2, 0.25) is 0 Å². The Morgan fingerprint density at radius 3 is 2.16 bits per heavy atom. The summed E-state index contributed by atoms with van der Waals surface area (Å²) in [6, 6.07) is 0.234. The maximum atomic E-state index is 11.9. The van der Waals surface area contributed by atoms with Gasteiger partial charge in [0.15, 0.2) is 0 Å². The Morgan fingerprint density at radius 2 is 1.79 bits per heavy atom. The van der Waals surface area contributed by atoms with Gasteiger partial charge in [-0.15, -0.1) is 0 Å². The van der Waals surface area contributed by atoms with Gasteiger partial charge in [0.05, 0.1) is 5.54 Å². The Hall–Kier alpha value is -0.810. The third-order valence-electron chi connectivity index (χ3n) is 3.26. The average Bonchev–Trinajstić information content (AvgIpc) is 2.31. The van der Waals surface area contributed by atoms with Gasteiger partial charge < -0.3 is 21.1 Å². The summed E-state index contributed by atoms with van der Waals surface area (Å²) in [5, 5.41) is 6.35. The van der Waals surface area contributed by atoms with Gasteiger partial charge in [-0.05, 0) is 40.5 Å². The summed E-state index contributed by atoms with van der Waals surface area (Å²) in [5.41, 5.74) is 4.83. The molecule has 5 heteroatoms. The molecular weight excluding hydrogens is 242 g/mol. The molecule has 0 aliphatic carbocycles. The monoisotopic (exact) mass is 273 g/mol. The zero-order chi connectivity index (χ0) is 15.1. The van der Waals surface area contributed by atoms with E-state index in [0.717, 1.165) is 12.8 Å². The molecule has 0 rings (SSSR count). The number of rotatable bonds is 7. The summed E-state index contributed by atoms with van der Waals surface area (Å²) >= 11 is 0. The minimum atomic E-state index is -0.477. The van der Waals surface area contributed by atoms with Crippen LogP contribution in [-0.2, 0) is 4.74 Å². The molecule has 4 N–H and O–H groups in total. The molecule has 0 aromatic carbocycles. The molecule has 0 aliphatic heterocycles. The van der Waals surface area contributed by atoms with E-state index in [9.17, 15) is 4.79 Å². The van der Waals surface area contributed by atoms with Crippen LogP contribution in [0, 0.1) is 0 Å². The fraction of sp³-hybridized carbons (Fsp3) is 0.929. The maximum absolute atomic E-state index is 11.9. The molecule has 1 unspecified atom stereocenters. The molecule has 1 atom stereocenters. The van der Waals surface area contributed by atoms with Gasteiger partial charge >= 0.3 is 6.09 Å². The SMILES string of the molecule is CCC(CC)(CNC(C)CN)NC(=O)OC(C)(C)C. The zero-order valence-corrected chi connectivity index (χ0v) is 13.3. The second-order valence-electron chi connectivity index (χ2n) is 6.13. The molecule has 0 bridgehead atoms. The number of hydrogen-bond acceptors (Lipinski definition) is 4. The second-order valence-corrected chi connectivity index (χ2v) is 6.13. The molecule has 0 fully saturated rings. The second kappa shape index (κ2) is 7.70. The van der Waals surface area contributed by atoms with Gasteiger partial charge in [0.25, 0.3) is 0 Å². The number of nitrogens with one attached hydrogen (secondary N) is 2. The standard InChI is InChI=1S/C14H31N3O2/c1-7-14(8-2,10-16-11(3)9-15)17-12(18)19-13(4,5)6/h11,16H,7-10,15H2,1-6H3,(H,17,18). The number of alkyl carbamates (subject to hydrolysis) is 1. The minimum absolute atomic E-state index is 0.234. The minimum Gasteiger partial charge on any atom is -0.444 e. The highest BCUT2D eigenvalue weighted by Gasteiger charge is 2.30. The summed E-state index contributed by atoms with van der Waals surface area (Å²) in [5.74, 6) is 0. The van der Waals surface area contributed by atoms with Gasteiger partial charge in [-0.25, -0.2) is 4.79 Å². The first-order valence-electron chi connectivity index (χ1n) is 7.12. The van der Waals surface area contributed by atoms with Crippen molar-refractivity contribution in [3.63, 3.8) is 0 Å². The van der Waals surface area contributed by atoms with Gasteiger partial charge in [0.1, 0.15) is 5.60 Å². The first kappa shape index (κ1) is 18.2. The molecule has 0 spiro atoms. The maximum Gasteiger partial charge on any atom is 0.408 e. The lowest BCUT2D eigenvalue weighted by Gasteiger charge is -2.35. The van der Waals surface area contributed by atoms with Crippen molar-refractivity contribution in [1.82, 2.24) is 10.6 Å². The number of ether oxygens (including phenoxy) is 1. The number of hydrogen-bond donors (Lipinski definition) is 3. The van der Waals surface area contributed by atoms with E-state index in [0.29, 0.717) is 13.1 Å². The molecule has 0 saturated carbocycles. The quantitative estimate of drug-likeness (QED) is 0.663. The zero-order valence-electron chi connectivity index (χ0n) is 13.3. The van der Waals surface area contributed by atoms with Crippen LogP contribution in [0.25, 0.3) is 0 Å². The Morgan fingerprint density at radius 1 is 1.26 bits per heavy atom. The van der Waals surface area contributed by atoms with Crippen molar-refractivity contribution in [2.24, 2.45) is 5.73 Å². The average molecular weight is 273 g/mol. The van der Waals surface area contributed by atoms with Crippen molar-refractivity contribution in [2.45, 2.75) is 71.6 Å². The summed E-state index contributed by atoms with van der Waals surface area (Å²) < 4.78 is 5.33. The fourth-order valence-corrected chi connectivity index (χ4v) is 1.69. The van der Waals surface area contributed by atoms with Crippen LogP contribution in [0.3, 0.4) is 0 Å². The van der Waals surface area contributed by atoms with Crippen molar-refractivity contribution in [2.75, 3.05) is 13.1 Å². The summed E-state index contributed by atoms with van der Waals surface area (Å²) in [6.07, 6.45) is 1.32. The van der Waals surface area contributed by atoms with Crippen LogP contribution in [0.15, 0.2) is 0 Å². The van der Waals surface area contributed by atoms with Crippen molar-refractivity contribution < 1.29 is 9.53 Å². The van der Waals surface area contributed by atoms with Crippen molar-refractivity contribution >= 4 is 6.09 Å². The van der Waals surface area contributed by atoms with Crippen LogP contribution in [-0.4, -0.2) is 36.4 Å². The Kier molecular flexibility index (Phi) is 7.37. The predicted molar refractivity (Wildman–Crippen MR) is 79.2 cm³/mol. The number of carbonyl (C=O) groups excluding carboxylic acids is 1. The third-order valence-corrected chi connectivity index (χ3v) is 3.26. The van der Waals surface area contributed by atoms with Crippen LogP contribution in [0.4, 0.5) is 4.79 Å². The highest BCUT2D eigenvalue weighted by atomic mass is 16.6. The largest absolute Gasteiger partial charge is 0.444 e. The van der Waals surface area contributed by atoms with Gasteiger partial charge in [-0.3, -0.25) is 0 Å². The van der Waals surface area contributed by atoms with Crippen molar-refractivity contribution in [3.8, 4) is 0 Å². The van der Waals surface area contributed by atoms with E-state index in [1.54, 1.807) is 0 Å². The highest BCUT2D eigenvalue weighted by Crippen LogP contribution is 2.16. The van der Waals surface area contributed by atoms with Crippen LogP contribution >= 0.6 is 0 Å². The molecule has 19 heavy (non-hydrogen) atoms. The molecular formula is C14H31N3O2. The topological polar surface area (TPSA) is 76.4 Å². The smallest absolute Gasteiger partial charge is 0.408 e. The summed E-state index contributed by atoms with van der Waals surface area (Å²) in [4.78, 5) is 11.9. The number of amides is 1. The van der Waals surface area contributed by atoms with Crippen molar-refractivity contribution in [3.05, 3.63) is 0 Å². The van der Waals surface area contributed by atoms with E-state index < -0.39 is 5.60 Å². The first-order chi connectivity index (χ1) is 8.68. The Bertz CT molecular complexity index is 270. The van der Waals surface area contributed by atoms with E-state index in [-0.39, 0.29) is 17.7 Å². The molecule has 0 aliphatic rings. The number of nitrogens with two attached hydrogens (primary N) is 1.